The molecule has 1 unspecified atom stereocenters. The summed E-state index contributed by atoms with van der Waals surface area (Å²) in [5.74, 6) is 0. The molecule has 1 aliphatic rings. The van der Waals surface area contributed by atoms with Crippen LogP contribution in [0.5, 0.6) is 0 Å². The van der Waals surface area contributed by atoms with Crippen LogP contribution in [0.3, 0.4) is 0 Å². The van der Waals surface area contributed by atoms with Crippen LogP contribution in [0.25, 0.3) is 10.6 Å². The van der Waals surface area contributed by atoms with Gasteiger partial charge in [-0.1, -0.05) is 30.3 Å². The number of rotatable bonds is 6. The number of pyridine rings is 1. The first-order chi connectivity index (χ1) is 13.7. The van der Waals surface area contributed by atoms with Gasteiger partial charge in [-0.15, -0.1) is 11.3 Å². The molecule has 0 bridgehead atoms. The van der Waals surface area contributed by atoms with Gasteiger partial charge in [0, 0.05) is 49.8 Å². The van der Waals surface area contributed by atoms with Gasteiger partial charge in [-0.05, 0) is 55.7 Å². The Kier molecular flexibility index (Phi) is 6.20. The van der Waals surface area contributed by atoms with Gasteiger partial charge < -0.3 is 0 Å². The van der Waals surface area contributed by atoms with E-state index in [-0.39, 0.29) is 0 Å². The number of benzene rings is 1. The maximum Gasteiger partial charge on any atom is 0.0804 e. The number of aryl methyl sites for hydroxylation is 1. The van der Waals surface area contributed by atoms with Gasteiger partial charge in [0.25, 0.3) is 0 Å². The van der Waals surface area contributed by atoms with E-state index in [2.05, 4.69) is 83.2 Å². The van der Waals surface area contributed by atoms with Crippen molar-refractivity contribution in [2.45, 2.75) is 32.9 Å². The molecule has 3 heterocycles. The number of nitrogens with zero attached hydrogens (tertiary/aromatic N) is 3. The third-order valence-corrected chi connectivity index (χ3v) is 6.74. The van der Waals surface area contributed by atoms with E-state index in [0.717, 1.165) is 44.8 Å². The van der Waals surface area contributed by atoms with Crippen LogP contribution in [0.1, 0.15) is 22.9 Å². The Morgan fingerprint density at radius 1 is 1.07 bits per heavy atom. The average Bonchev–Trinajstić information content (AvgIpc) is 3.17. The van der Waals surface area contributed by atoms with E-state index in [0.29, 0.717) is 6.04 Å². The Balaban J connectivity index is 1.29. The summed E-state index contributed by atoms with van der Waals surface area (Å²) in [5, 5.41) is 0. The second kappa shape index (κ2) is 8.99. The van der Waals surface area contributed by atoms with E-state index in [1.807, 2.05) is 17.5 Å². The summed E-state index contributed by atoms with van der Waals surface area (Å²) >= 11 is 1.89. The Labute approximate surface area is 172 Å². The number of thiophene rings is 1. The zero-order valence-corrected chi connectivity index (χ0v) is 17.7. The van der Waals surface area contributed by atoms with Gasteiger partial charge in [-0.2, -0.15) is 0 Å². The minimum atomic E-state index is 0.607. The predicted molar refractivity (Wildman–Crippen MR) is 119 cm³/mol. The molecule has 0 spiro atoms. The van der Waals surface area contributed by atoms with Crippen LogP contribution >= 0.6 is 11.3 Å². The molecule has 4 rings (SSSR count). The van der Waals surface area contributed by atoms with E-state index >= 15 is 0 Å². The van der Waals surface area contributed by atoms with Crippen LogP contribution in [0.4, 0.5) is 0 Å². The summed E-state index contributed by atoms with van der Waals surface area (Å²) in [4.78, 5) is 12.5. The molecule has 28 heavy (non-hydrogen) atoms. The summed E-state index contributed by atoms with van der Waals surface area (Å²) in [6, 6.07) is 20.2. The number of hydrogen-bond acceptors (Lipinski definition) is 4. The SMILES string of the molecule is Cc1ccnc(-c2ccc(CCN3CCN(Cc4ccccc4)CC3C)s2)c1. The van der Waals surface area contributed by atoms with Crippen LogP contribution in [0.2, 0.25) is 0 Å². The smallest absolute Gasteiger partial charge is 0.0804 e. The van der Waals surface area contributed by atoms with Gasteiger partial charge >= 0.3 is 0 Å². The molecule has 0 radical (unpaired) electrons. The number of piperazine rings is 1. The molecule has 1 atom stereocenters. The molecule has 1 saturated heterocycles. The molecule has 146 valence electrons. The largest absolute Gasteiger partial charge is 0.298 e. The Hall–Kier alpha value is -2.01. The minimum absolute atomic E-state index is 0.607. The highest BCUT2D eigenvalue weighted by Gasteiger charge is 2.23. The van der Waals surface area contributed by atoms with Crippen molar-refractivity contribution >= 4 is 11.3 Å². The lowest BCUT2D eigenvalue weighted by Gasteiger charge is -2.40. The van der Waals surface area contributed by atoms with Crippen molar-refractivity contribution in [1.82, 2.24) is 14.8 Å². The molecule has 4 heteroatoms. The van der Waals surface area contributed by atoms with Crippen molar-refractivity contribution in [1.29, 1.82) is 0 Å². The fourth-order valence-corrected chi connectivity index (χ4v) is 4.93. The quantitative estimate of drug-likeness (QED) is 0.598. The molecule has 1 aliphatic heterocycles. The Bertz CT molecular complexity index is 890. The van der Waals surface area contributed by atoms with Crippen molar-refractivity contribution in [3.8, 4) is 10.6 Å². The summed E-state index contributed by atoms with van der Waals surface area (Å²) in [7, 11) is 0. The second-order valence-electron chi connectivity index (χ2n) is 7.84. The van der Waals surface area contributed by atoms with Crippen LogP contribution in [0, 0.1) is 6.92 Å². The molecule has 1 fully saturated rings. The van der Waals surface area contributed by atoms with Gasteiger partial charge in [0.05, 0.1) is 10.6 Å². The van der Waals surface area contributed by atoms with Gasteiger partial charge in [0.1, 0.15) is 0 Å². The Morgan fingerprint density at radius 2 is 1.93 bits per heavy atom. The fraction of sp³-hybridized carbons (Fsp3) is 0.375. The van der Waals surface area contributed by atoms with Crippen molar-refractivity contribution in [2.75, 3.05) is 26.2 Å². The van der Waals surface area contributed by atoms with E-state index < -0.39 is 0 Å². The summed E-state index contributed by atoms with van der Waals surface area (Å²) in [5.41, 5.74) is 3.78. The molecule has 0 N–H and O–H groups in total. The number of aromatic nitrogens is 1. The first kappa shape index (κ1) is 19.3. The van der Waals surface area contributed by atoms with Crippen molar-refractivity contribution in [2.24, 2.45) is 0 Å². The molecule has 3 nitrogen and oxygen atoms in total. The van der Waals surface area contributed by atoms with Crippen molar-refractivity contribution in [3.05, 3.63) is 76.8 Å². The fourth-order valence-electron chi connectivity index (χ4n) is 3.96. The maximum atomic E-state index is 4.52. The van der Waals surface area contributed by atoms with Gasteiger partial charge in [-0.25, -0.2) is 0 Å². The molecule has 0 amide bonds. The first-order valence-electron chi connectivity index (χ1n) is 10.2. The molecular formula is C24H29N3S. The second-order valence-corrected chi connectivity index (χ2v) is 9.01. The lowest BCUT2D eigenvalue weighted by atomic mass is 10.1. The predicted octanol–water partition coefficient (Wildman–Crippen LogP) is 4.87. The van der Waals surface area contributed by atoms with Crippen LogP contribution < -0.4 is 0 Å². The monoisotopic (exact) mass is 391 g/mol. The maximum absolute atomic E-state index is 4.52. The van der Waals surface area contributed by atoms with Crippen LogP contribution in [-0.2, 0) is 13.0 Å². The van der Waals surface area contributed by atoms with E-state index in [1.54, 1.807) is 0 Å². The Morgan fingerprint density at radius 3 is 2.71 bits per heavy atom. The standard InChI is InChI=1S/C24H29N3S/c1-19-10-12-25-23(16-19)24-9-8-22(28-24)11-13-27-15-14-26(17-20(27)2)18-21-6-4-3-5-7-21/h3-10,12,16,20H,11,13-15,17-18H2,1-2H3. The molecule has 3 aromatic rings. The highest BCUT2D eigenvalue weighted by Crippen LogP contribution is 2.27. The van der Waals surface area contributed by atoms with Crippen LogP contribution in [0.15, 0.2) is 60.8 Å². The lowest BCUT2D eigenvalue weighted by Crippen LogP contribution is -2.51. The van der Waals surface area contributed by atoms with Gasteiger partial charge in [0.15, 0.2) is 0 Å². The number of hydrogen-bond donors (Lipinski definition) is 0. The first-order valence-corrected chi connectivity index (χ1v) is 11.0. The molecule has 1 aromatic carbocycles. The normalized spacial score (nSPS) is 18.4. The van der Waals surface area contributed by atoms with Gasteiger partial charge in [-0.3, -0.25) is 14.8 Å². The summed E-state index contributed by atoms with van der Waals surface area (Å²) in [6.45, 7) is 10.2. The van der Waals surface area contributed by atoms with Crippen molar-refractivity contribution < 1.29 is 0 Å². The van der Waals surface area contributed by atoms with E-state index in [4.69, 9.17) is 0 Å². The highest BCUT2D eigenvalue weighted by atomic mass is 32.1. The minimum Gasteiger partial charge on any atom is -0.298 e. The lowest BCUT2D eigenvalue weighted by molar-refractivity contribution is 0.0801. The molecule has 0 saturated carbocycles. The summed E-state index contributed by atoms with van der Waals surface area (Å²) < 4.78 is 0. The third-order valence-electron chi connectivity index (χ3n) is 5.57. The van der Waals surface area contributed by atoms with Gasteiger partial charge in [0.2, 0.25) is 0 Å². The topological polar surface area (TPSA) is 19.4 Å². The molecule has 0 aliphatic carbocycles. The van der Waals surface area contributed by atoms with E-state index in [9.17, 15) is 0 Å². The van der Waals surface area contributed by atoms with Crippen molar-refractivity contribution in [3.63, 3.8) is 0 Å². The highest BCUT2D eigenvalue weighted by molar-refractivity contribution is 7.15. The summed E-state index contributed by atoms with van der Waals surface area (Å²) in [6.07, 6.45) is 3.03. The van der Waals surface area contributed by atoms with Crippen LogP contribution in [-0.4, -0.2) is 47.0 Å². The third kappa shape index (κ3) is 4.88. The zero-order chi connectivity index (χ0) is 19.3. The zero-order valence-electron chi connectivity index (χ0n) is 16.8. The van der Waals surface area contributed by atoms with E-state index in [1.165, 1.54) is 20.9 Å². The molecular weight excluding hydrogens is 362 g/mol. The average molecular weight is 392 g/mol. The molecule has 2 aromatic heterocycles.